The normalized spacial score (nSPS) is 12.5. The van der Waals surface area contributed by atoms with Crippen molar-refractivity contribution in [2.45, 2.75) is 59.2 Å². The van der Waals surface area contributed by atoms with Gasteiger partial charge in [0.2, 0.25) is 21.8 Å². The molecule has 3 aromatic rings. The third-order valence-electron chi connectivity index (χ3n) is 6.17. The Hall–Kier alpha value is -3.65. The van der Waals surface area contributed by atoms with Crippen LogP contribution in [-0.2, 0) is 32.6 Å². The molecule has 0 fully saturated rings. The minimum Gasteiger partial charge on any atom is -0.350 e. The average molecular weight is 550 g/mol. The van der Waals surface area contributed by atoms with Gasteiger partial charge in [-0.3, -0.25) is 13.9 Å². The van der Waals surface area contributed by atoms with Crippen molar-refractivity contribution in [2.24, 2.45) is 0 Å². The number of carbonyl (C=O) groups excluding carboxylic acids is 2. The lowest BCUT2D eigenvalue weighted by atomic mass is 10.0. The first-order chi connectivity index (χ1) is 18.2. The Morgan fingerprint density at radius 1 is 0.846 bits per heavy atom. The van der Waals surface area contributed by atoms with E-state index in [0.717, 1.165) is 32.8 Å². The van der Waals surface area contributed by atoms with Gasteiger partial charge in [0.1, 0.15) is 12.6 Å². The van der Waals surface area contributed by atoms with Crippen molar-refractivity contribution in [3.05, 3.63) is 101 Å². The summed E-state index contributed by atoms with van der Waals surface area (Å²) < 4.78 is 26.8. The lowest BCUT2D eigenvalue weighted by Gasteiger charge is -2.35. The number of nitrogens with one attached hydrogen (secondary N) is 1. The first-order valence-electron chi connectivity index (χ1n) is 13.0. The number of nitrogens with zero attached hydrogens (tertiary/aromatic N) is 2. The zero-order chi connectivity index (χ0) is 28.8. The highest BCUT2D eigenvalue weighted by molar-refractivity contribution is 7.92. The molecule has 0 spiro atoms. The van der Waals surface area contributed by atoms with Crippen molar-refractivity contribution < 1.29 is 18.0 Å². The number of aryl methyl sites for hydroxylation is 2. The van der Waals surface area contributed by atoms with Crippen LogP contribution in [0.25, 0.3) is 0 Å². The summed E-state index contributed by atoms with van der Waals surface area (Å²) in [6.07, 6.45) is 1.37. The van der Waals surface area contributed by atoms with Gasteiger partial charge in [-0.25, -0.2) is 8.42 Å². The molecule has 0 aromatic heterocycles. The quantitative estimate of drug-likeness (QED) is 0.400. The number of carbonyl (C=O) groups is 2. The van der Waals surface area contributed by atoms with Gasteiger partial charge in [0.25, 0.3) is 0 Å². The van der Waals surface area contributed by atoms with Crippen LogP contribution in [0.15, 0.2) is 78.9 Å². The highest BCUT2D eigenvalue weighted by atomic mass is 32.2. The largest absolute Gasteiger partial charge is 0.350 e. The Morgan fingerprint density at radius 2 is 1.44 bits per heavy atom. The minimum absolute atomic E-state index is 0.154. The second-order valence-corrected chi connectivity index (χ2v) is 13.0. The molecule has 0 saturated carbocycles. The summed E-state index contributed by atoms with van der Waals surface area (Å²) in [5, 5.41) is 3.03. The van der Waals surface area contributed by atoms with Crippen molar-refractivity contribution in [2.75, 3.05) is 17.1 Å². The van der Waals surface area contributed by atoms with Gasteiger partial charge < -0.3 is 10.2 Å². The Bertz CT molecular complexity index is 1400. The predicted molar refractivity (Wildman–Crippen MR) is 157 cm³/mol. The fourth-order valence-corrected chi connectivity index (χ4v) is 5.25. The maximum Gasteiger partial charge on any atom is 0.244 e. The summed E-state index contributed by atoms with van der Waals surface area (Å²) in [6.45, 7) is 9.22. The summed E-state index contributed by atoms with van der Waals surface area (Å²) in [6, 6.07) is 23.4. The molecule has 0 aliphatic rings. The van der Waals surface area contributed by atoms with Crippen LogP contribution in [0.4, 0.5) is 5.69 Å². The number of hydrogen-bond acceptors (Lipinski definition) is 4. The summed E-state index contributed by atoms with van der Waals surface area (Å²) in [5.41, 5.74) is 3.52. The molecule has 0 bridgehead atoms. The fraction of sp³-hybridized carbons (Fsp3) is 0.355. The van der Waals surface area contributed by atoms with Gasteiger partial charge in [0.05, 0.1) is 11.9 Å². The predicted octanol–water partition coefficient (Wildman–Crippen LogP) is 4.62. The van der Waals surface area contributed by atoms with Crippen LogP contribution in [0.1, 0.15) is 43.0 Å². The maximum absolute atomic E-state index is 14.1. The molecule has 2 amide bonds. The fourth-order valence-electron chi connectivity index (χ4n) is 4.41. The lowest BCUT2D eigenvalue weighted by Crippen LogP contribution is -2.56. The minimum atomic E-state index is -3.79. The number of benzene rings is 3. The molecule has 0 aliphatic carbocycles. The highest BCUT2D eigenvalue weighted by Crippen LogP contribution is 2.22. The second-order valence-electron chi connectivity index (χ2n) is 11.1. The molecule has 3 aromatic carbocycles. The van der Waals surface area contributed by atoms with E-state index in [4.69, 9.17) is 0 Å². The Balaban J connectivity index is 2.08. The Morgan fingerprint density at radius 3 is 2.00 bits per heavy atom. The molecule has 0 heterocycles. The number of sulfonamides is 1. The van der Waals surface area contributed by atoms with E-state index in [0.29, 0.717) is 5.69 Å². The first kappa shape index (κ1) is 29.9. The lowest BCUT2D eigenvalue weighted by molar-refractivity contribution is -0.140. The monoisotopic (exact) mass is 549 g/mol. The number of hydrogen-bond donors (Lipinski definition) is 1. The van der Waals surface area contributed by atoms with Crippen LogP contribution in [0.2, 0.25) is 0 Å². The van der Waals surface area contributed by atoms with Gasteiger partial charge in [-0.2, -0.15) is 0 Å². The van der Waals surface area contributed by atoms with Gasteiger partial charge in [0.15, 0.2) is 0 Å². The molecule has 1 N–H and O–H groups in total. The van der Waals surface area contributed by atoms with Gasteiger partial charge >= 0.3 is 0 Å². The van der Waals surface area contributed by atoms with Crippen molar-refractivity contribution in [1.29, 1.82) is 0 Å². The maximum atomic E-state index is 14.1. The van der Waals surface area contributed by atoms with E-state index < -0.39 is 34.1 Å². The van der Waals surface area contributed by atoms with Crippen molar-refractivity contribution in [1.82, 2.24) is 10.2 Å². The molecule has 0 radical (unpaired) electrons. The molecule has 7 nitrogen and oxygen atoms in total. The van der Waals surface area contributed by atoms with Crippen LogP contribution in [0, 0.1) is 13.8 Å². The number of rotatable bonds is 10. The Labute approximate surface area is 232 Å². The molecular weight excluding hydrogens is 510 g/mol. The third kappa shape index (κ3) is 8.96. The highest BCUT2D eigenvalue weighted by Gasteiger charge is 2.34. The van der Waals surface area contributed by atoms with Gasteiger partial charge in [0, 0.05) is 18.5 Å². The molecule has 1 atom stereocenters. The SMILES string of the molecule is Cc1cccc(CN(C(=O)CN(c2cccc(C)c2)S(C)(=O)=O)[C@H](Cc2ccccc2)C(=O)NC(C)(C)C)c1. The van der Waals surface area contributed by atoms with Gasteiger partial charge in [-0.1, -0.05) is 72.3 Å². The van der Waals surface area contributed by atoms with Crippen molar-refractivity contribution >= 4 is 27.5 Å². The smallest absolute Gasteiger partial charge is 0.244 e. The van der Waals surface area contributed by atoms with Crippen LogP contribution in [-0.4, -0.2) is 49.5 Å². The van der Waals surface area contributed by atoms with Crippen LogP contribution in [0.5, 0.6) is 0 Å². The van der Waals surface area contributed by atoms with Crippen molar-refractivity contribution in [3.8, 4) is 0 Å². The van der Waals surface area contributed by atoms with Crippen LogP contribution in [0.3, 0.4) is 0 Å². The molecule has 3 rings (SSSR count). The number of amides is 2. The molecular formula is C31H39N3O4S. The zero-order valence-electron chi connectivity index (χ0n) is 23.6. The topological polar surface area (TPSA) is 86.8 Å². The van der Waals surface area contributed by atoms with Crippen LogP contribution >= 0.6 is 0 Å². The van der Waals surface area contributed by atoms with Gasteiger partial charge in [-0.15, -0.1) is 0 Å². The van der Waals surface area contributed by atoms with E-state index in [1.165, 1.54) is 4.90 Å². The van der Waals surface area contributed by atoms with E-state index in [-0.39, 0.29) is 18.9 Å². The van der Waals surface area contributed by atoms with E-state index in [1.54, 1.807) is 18.2 Å². The Kier molecular flexibility index (Phi) is 9.56. The third-order valence-corrected chi connectivity index (χ3v) is 7.31. The van der Waals surface area contributed by atoms with Crippen LogP contribution < -0.4 is 9.62 Å². The summed E-state index contributed by atoms with van der Waals surface area (Å²) >= 11 is 0. The first-order valence-corrected chi connectivity index (χ1v) is 14.8. The molecule has 208 valence electrons. The van der Waals surface area contributed by atoms with E-state index >= 15 is 0 Å². The van der Waals surface area contributed by atoms with E-state index in [1.807, 2.05) is 95.3 Å². The average Bonchev–Trinajstić information content (AvgIpc) is 2.83. The molecule has 8 heteroatoms. The van der Waals surface area contributed by atoms with Crippen molar-refractivity contribution in [3.63, 3.8) is 0 Å². The van der Waals surface area contributed by atoms with E-state index in [2.05, 4.69) is 5.32 Å². The van der Waals surface area contributed by atoms with Gasteiger partial charge in [-0.05, 0) is 63.4 Å². The standard InChI is InChI=1S/C31H39N3O4S/c1-23-12-10-16-26(18-23)21-33(28(30(36)32-31(3,4)5)20-25-14-8-7-9-15-25)29(35)22-34(39(6,37)38)27-17-11-13-24(2)19-27/h7-19,28H,20-22H2,1-6H3,(H,32,36)/t28-/m1/s1. The molecule has 39 heavy (non-hydrogen) atoms. The van der Waals surface area contributed by atoms with E-state index in [9.17, 15) is 18.0 Å². The summed E-state index contributed by atoms with van der Waals surface area (Å²) in [4.78, 5) is 29.3. The second kappa shape index (κ2) is 12.5. The molecule has 0 saturated heterocycles. The number of anilines is 1. The zero-order valence-corrected chi connectivity index (χ0v) is 24.5. The molecule has 0 aliphatic heterocycles. The molecule has 0 unspecified atom stereocenters. The summed E-state index contributed by atoms with van der Waals surface area (Å²) in [7, 11) is -3.79. The summed E-state index contributed by atoms with van der Waals surface area (Å²) in [5.74, 6) is -0.762.